The van der Waals surface area contributed by atoms with Crippen molar-refractivity contribution in [1.29, 1.82) is 0 Å². The number of aliphatic carboxylic acids is 1. The van der Waals surface area contributed by atoms with E-state index in [-0.39, 0.29) is 25.2 Å². The van der Waals surface area contributed by atoms with E-state index in [4.69, 9.17) is 11.5 Å². The molecule has 8 N–H and O–H groups in total. The fourth-order valence-electron chi connectivity index (χ4n) is 2.42. The van der Waals surface area contributed by atoms with Crippen molar-refractivity contribution < 1.29 is 24.3 Å². The van der Waals surface area contributed by atoms with E-state index in [0.29, 0.717) is 12.1 Å². The van der Waals surface area contributed by atoms with Crippen LogP contribution >= 0.6 is 0 Å². The summed E-state index contributed by atoms with van der Waals surface area (Å²) < 4.78 is 0. The molecule has 1 aromatic rings. The molecule has 28 heavy (non-hydrogen) atoms. The number of aromatic amines is 1. The molecule has 0 aliphatic rings. The van der Waals surface area contributed by atoms with Crippen LogP contribution in [0.4, 0.5) is 0 Å². The number of hydrogen-bond donors (Lipinski definition) is 6. The molecule has 0 spiro atoms. The summed E-state index contributed by atoms with van der Waals surface area (Å²) in [4.78, 5) is 54.1. The lowest BCUT2D eigenvalue weighted by atomic mass is 9.98. The van der Waals surface area contributed by atoms with Crippen LogP contribution in [-0.4, -0.2) is 56.9 Å². The molecule has 0 aromatic carbocycles. The second-order valence-corrected chi connectivity index (χ2v) is 6.64. The maximum atomic E-state index is 12.6. The number of nitrogens with two attached hydrogens (primary N) is 2. The summed E-state index contributed by atoms with van der Waals surface area (Å²) in [5.41, 5.74) is 11.4. The predicted octanol–water partition coefficient (Wildman–Crippen LogP) is -1.35. The van der Waals surface area contributed by atoms with E-state index in [9.17, 15) is 24.3 Å². The summed E-state index contributed by atoms with van der Waals surface area (Å²) in [6, 6.07) is -3.22. The van der Waals surface area contributed by atoms with Crippen LogP contribution in [0, 0.1) is 5.92 Å². The molecule has 0 unspecified atom stereocenters. The number of imidazole rings is 1. The Morgan fingerprint density at radius 3 is 2.36 bits per heavy atom. The van der Waals surface area contributed by atoms with Crippen LogP contribution < -0.4 is 22.1 Å². The van der Waals surface area contributed by atoms with E-state index in [2.05, 4.69) is 20.6 Å². The van der Waals surface area contributed by atoms with Gasteiger partial charge in [-0.05, 0) is 12.3 Å². The zero-order valence-corrected chi connectivity index (χ0v) is 16.0. The summed E-state index contributed by atoms with van der Waals surface area (Å²) in [6.07, 6.45) is 3.33. The lowest BCUT2D eigenvalue weighted by Crippen LogP contribution is -2.56. The van der Waals surface area contributed by atoms with Crippen LogP contribution in [-0.2, 0) is 25.6 Å². The Bertz CT molecular complexity index is 678. The minimum absolute atomic E-state index is 0.0382. The molecule has 0 saturated heterocycles. The Labute approximate surface area is 162 Å². The summed E-state index contributed by atoms with van der Waals surface area (Å²) in [5.74, 6) is -3.33. The van der Waals surface area contributed by atoms with Crippen molar-refractivity contribution >= 4 is 23.7 Å². The predicted molar refractivity (Wildman–Crippen MR) is 99.6 cm³/mol. The number of carboxylic acid groups (broad SMARTS) is 1. The van der Waals surface area contributed by atoms with E-state index in [1.165, 1.54) is 6.33 Å². The number of amides is 3. The minimum atomic E-state index is -1.32. The highest BCUT2D eigenvalue weighted by Gasteiger charge is 2.29. The minimum Gasteiger partial charge on any atom is -0.480 e. The molecule has 0 aliphatic heterocycles. The van der Waals surface area contributed by atoms with Gasteiger partial charge in [0.1, 0.15) is 12.1 Å². The number of hydrogen-bond acceptors (Lipinski definition) is 6. The normalized spacial score (nSPS) is 15.1. The van der Waals surface area contributed by atoms with Crippen molar-refractivity contribution in [3.05, 3.63) is 18.2 Å². The van der Waals surface area contributed by atoms with E-state index in [0.717, 1.165) is 0 Å². The largest absolute Gasteiger partial charge is 0.480 e. The third kappa shape index (κ3) is 7.35. The zero-order chi connectivity index (χ0) is 21.3. The third-order valence-corrected chi connectivity index (χ3v) is 4.45. The summed E-state index contributed by atoms with van der Waals surface area (Å²) in [7, 11) is 0. The molecule has 0 fully saturated rings. The smallest absolute Gasteiger partial charge is 0.326 e. The Kier molecular flexibility index (Phi) is 9.09. The fourth-order valence-corrected chi connectivity index (χ4v) is 2.42. The molecule has 0 radical (unpaired) electrons. The molecule has 1 heterocycles. The number of carbonyl (C=O) groups is 4. The van der Waals surface area contributed by atoms with Gasteiger partial charge in [-0.1, -0.05) is 20.3 Å². The first-order valence-corrected chi connectivity index (χ1v) is 9.00. The molecule has 0 aliphatic carbocycles. The lowest BCUT2D eigenvalue weighted by molar-refractivity contribution is -0.142. The van der Waals surface area contributed by atoms with Gasteiger partial charge >= 0.3 is 5.97 Å². The number of H-pyrrole nitrogens is 1. The molecule has 1 aromatic heterocycles. The van der Waals surface area contributed by atoms with Crippen molar-refractivity contribution in [1.82, 2.24) is 20.6 Å². The number of nitrogens with zero attached hydrogens (tertiary/aromatic N) is 1. The number of primary amides is 1. The van der Waals surface area contributed by atoms with Gasteiger partial charge in [0.15, 0.2) is 0 Å². The monoisotopic (exact) mass is 396 g/mol. The highest BCUT2D eigenvalue weighted by atomic mass is 16.4. The first kappa shape index (κ1) is 23.1. The maximum absolute atomic E-state index is 12.6. The number of rotatable bonds is 12. The van der Waals surface area contributed by atoms with E-state index in [1.54, 1.807) is 6.20 Å². The van der Waals surface area contributed by atoms with Crippen molar-refractivity contribution in [2.24, 2.45) is 17.4 Å². The molecule has 11 heteroatoms. The molecule has 0 bridgehead atoms. The molecular formula is C17H28N6O5. The quantitative estimate of drug-likeness (QED) is 0.251. The van der Waals surface area contributed by atoms with Crippen LogP contribution in [0.15, 0.2) is 12.5 Å². The van der Waals surface area contributed by atoms with Crippen LogP contribution in [0.5, 0.6) is 0 Å². The SMILES string of the molecule is CC[C@H](C)[C@H](N)C(=O)N[C@@H](Cc1c[nH]cn1)C(=O)N[C@@H](CCC(N)=O)C(=O)O. The molecule has 11 nitrogen and oxygen atoms in total. The van der Waals surface area contributed by atoms with Crippen molar-refractivity contribution in [2.75, 3.05) is 0 Å². The van der Waals surface area contributed by atoms with Gasteiger partial charge in [-0.3, -0.25) is 14.4 Å². The third-order valence-electron chi connectivity index (χ3n) is 4.45. The summed E-state index contributed by atoms with van der Waals surface area (Å²) in [6.45, 7) is 3.71. The molecule has 3 amide bonds. The molecular weight excluding hydrogens is 368 g/mol. The highest BCUT2D eigenvalue weighted by Crippen LogP contribution is 2.07. The molecule has 1 rings (SSSR count). The van der Waals surface area contributed by atoms with Crippen LogP contribution in [0.3, 0.4) is 0 Å². The zero-order valence-electron chi connectivity index (χ0n) is 16.0. The van der Waals surface area contributed by atoms with Gasteiger partial charge in [0.25, 0.3) is 0 Å². The summed E-state index contributed by atoms with van der Waals surface area (Å²) >= 11 is 0. The van der Waals surface area contributed by atoms with Gasteiger partial charge in [-0.25, -0.2) is 9.78 Å². The number of nitrogens with one attached hydrogen (secondary N) is 3. The Hall–Kier alpha value is -2.95. The lowest BCUT2D eigenvalue weighted by Gasteiger charge is -2.24. The van der Waals surface area contributed by atoms with Crippen molar-refractivity contribution in [2.45, 2.75) is 57.7 Å². The van der Waals surface area contributed by atoms with Crippen molar-refractivity contribution in [3.8, 4) is 0 Å². The van der Waals surface area contributed by atoms with Gasteiger partial charge in [0.05, 0.1) is 18.1 Å². The van der Waals surface area contributed by atoms with Gasteiger partial charge < -0.3 is 32.2 Å². The topological polar surface area (TPSA) is 193 Å². The van der Waals surface area contributed by atoms with E-state index in [1.807, 2.05) is 13.8 Å². The Morgan fingerprint density at radius 2 is 1.86 bits per heavy atom. The Morgan fingerprint density at radius 1 is 1.21 bits per heavy atom. The van der Waals surface area contributed by atoms with Gasteiger partial charge in [0.2, 0.25) is 17.7 Å². The van der Waals surface area contributed by atoms with Gasteiger partial charge in [-0.2, -0.15) is 0 Å². The average molecular weight is 396 g/mol. The van der Waals surface area contributed by atoms with Gasteiger partial charge in [-0.15, -0.1) is 0 Å². The maximum Gasteiger partial charge on any atom is 0.326 e. The van der Waals surface area contributed by atoms with Crippen LogP contribution in [0.2, 0.25) is 0 Å². The standard InChI is InChI=1S/C17H28N6O5/c1-3-9(2)14(19)16(26)23-12(6-10-7-20-8-21-10)15(25)22-11(17(27)28)4-5-13(18)24/h7-9,11-12,14H,3-6,19H2,1-2H3,(H2,18,24)(H,20,21)(H,22,25)(H,23,26)(H,27,28)/t9-,11-,12-,14-/m0/s1. The van der Waals surface area contributed by atoms with Gasteiger partial charge in [0, 0.05) is 19.0 Å². The molecule has 0 saturated carbocycles. The van der Waals surface area contributed by atoms with E-state index >= 15 is 0 Å². The number of carbonyl (C=O) groups excluding carboxylic acids is 3. The van der Waals surface area contributed by atoms with Crippen molar-refractivity contribution in [3.63, 3.8) is 0 Å². The second kappa shape index (κ2) is 11.0. The highest BCUT2D eigenvalue weighted by molar-refractivity contribution is 5.92. The average Bonchev–Trinajstić information content (AvgIpc) is 3.15. The first-order valence-electron chi connectivity index (χ1n) is 9.00. The van der Waals surface area contributed by atoms with Crippen LogP contribution in [0.1, 0.15) is 38.8 Å². The van der Waals surface area contributed by atoms with E-state index < -0.39 is 41.8 Å². The molecule has 4 atom stereocenters. The Balaban J connectivity index is 2.90. The summed E-state index contributed by atoms with van der Waals surface area (Å²) in [5, 5.41) is 14.2. The van der Waals surface area contributed by atoms with Crippen LogP contribution in [0.25, 0.3) is 0 Å². The first-order chi connectivity index (χ1) is 13.1. The number of aromatic nitrogens is 2. The second-order valence-electron chi connectivity index (χ2n) is 6.64. The molecule has 156 valence electrons. The fraction of sp³-hybridized carbons (Fsp3) is 0.588. The number of carboxylic acids is 1.